The van der Waals surface area contributed by atoms with Gasteiger partial charge in [0.1, 0.15) is 48.9 Å². The minimum absolute atomic E-state index is 0.0120. The first kappa shape index (κ1) is 83.6. The summed E-state index contributed by atoms with van der Waals surface area (Å²) in [5.74, 6) is 0.166. The number of carbonyl (C=O) groups is 1. The van der Waals surface area contributed by atoms with Crippen molar-refractivity contribution in [1.82, 2.24) is 29.9 Å². The van der Waals surface area contributed by atoms with Crippen LogP contribution < -0.4 is 22.9 Å². The van der Waals surface area contributed by atoms with Gasteiger partial charge in [-0.25, -0.2) is 0 Å². The van der Waals surface area contributed by atoms with E-state index in [2.05, 4.69) is 52.1 Å². The Morgan fingerprint density at radius 2 is 0.881 bits per heavy atom. The molecule has 1 fully saturated rings. The Hall–Kier alpha value is -9.45. The van der Waals surface area contributed by atoms with E-state index < -0.39 is 21.1 Å². The second-order valence-electron chi connectivity index (χ2n) is 26.1. The first-order valence-corrected chi connectivity index (χ1v) is 37.7. The van der Waals surface area contributed by atoms with Crippen LogP contribution in [-0.4, -0.2) is 164 Å². The minimum atomic E-state index is -3.44. The number of hydrogen-bond acceptors (Lipinski definition) is 28. The SMILES string of the molecule is Cc1cnc2c(c1)CCOC2CN=[N+]=[N-].Cc1cnc2c(c1)CCOC2COS(C)(=O)=O.NCC1OCCc2cc(N)cnc21.Nc1cnc2c(c1)CCOC2CO.Nc1cnc2c(c1)CCOC2CO.O=C1CCCOC1COCc1ccccc1.O=[N+]([O-])c1cnc2c(c1)CCOC2COCc1ccccc1. The zero-order valence-corrected chi connectivity index (χ0v) is 62.2. The summed E-state index contributed by atoms with van der Waals surface area (Å²) in [5, 5.41) is 32.4. The van der Waals surface area contributed by atoms with E-state index in [1.165, 1.54) is 17.3 Å². The lowest BCUT2D eigenvalue weighted by atomic mass is 10.0. The number of aromatic nitrogens is 6. The number of rotatable bonds is 17. The van der Waals surface area contributed by atoms with Gasteiger partial charge in [-0.15, -0.1) is 0 Å². The highest BCUT2D eigenvalue weighted by Gasteiger charge is 2.29. The van der Waals surface area contributed by atoms with Gasteiger partial charge in [-0.3, -0.25) is 49.0 Å². The topological polar surface area (TPSA) is 457 Å². The van der Waals surface area contributed by atoms with Gasteiger partial charge in [0.2, 0.25) is 0 Å². The van der Waals surface area contributed by atoms with Crippen molar-refractivity contribution >= 4 is 38.7 Å². The molecule has 10 N–H and O–H groups in total. The van der Waals surface area contributed by atoms with E-state index in [4.69, 9.17) is 85.5 Å². The number of benzene rings is 2. The van der Waals surface area contributed by atoms with Gasteiger partial charge in [0, 0.05) is 42.9 Å². The molecule has 7 unspecified atom stereocenters. The highest BCUT2D eigenvalue weighted by atomic mass is 32.2. The van der Waals surface area contributed by atoms with Crippen LogP contribution in [0.15, 0.2) is 139 Å². The summed E-state index contributed by atoms with van der Waals surface area (Å²) in [6.07, 6.45) is 15.2. The standard InChI is InChI=1S/C16H16N2O4.C13H16O3.C11H15NO4S.C10H12N4O.C9H13N3O.2C9H12N2O2/c19-18(20)14-8-13-6-7-22-15(16(13)17-9-14)11-21-10-12-4-2-1-3-5-12;14-12-7-4-8-16-13(12)10-15-9-11-5-2-1-3-6-11;1-8-5-9-3-4-15-10(11(9)12-6-8)7-16-17(2,13)14;1-7-4-8-2-3-15-9(6-13-14-11)10(8)12-5-7;10-4-8-9-6(1-2-13-8)3-7(11)5-12-9;2*10-7-3-6-1-2-13-8(5-12)9(6)11-4-7/h1-5,8-9,15H,6-7,10-11H2;1-3,5-6,13H,4,7-10H2;5-6,10H,3-4,7H2,1-2H3;4-5,9H,2-3,6H2,1H3;3,5,8H,1-2,4,10-11H2;2*3-4,8,12H,1-2,5,10H2. The maximum absolute atomic E-state index is 11.4. The molecule has 6 aromatic heterocycles. The summed E-state index contributed by atoms with van der Waals surface area (Å²) in [6, 6.07) is 31.3. The van der Waals surface area contributed by atoms with Crippen LogP contribution in [0, 0.1) is 24.0 Å². The Labute approximate surface area is 633 Å². The summed E-state index contributed by atoms with van der Waals surface area (Å²) in [6.45, 7) is 10.9. The number of aryl methyl sites for hydroxylation is 2. The third-order valence-electron chi connectivity index (χ3n) is 17.8. The Morgan fingerprint density at radius 1 is 0.514 bits per heavy atom. The largest absolute Gasteiger partial charge is 0.397 e. The van der Waals surface area contributed by atoms with Crippen molar-refractivity contribution in [2.45, 2.75) is 121 Å². The van der Waals surface area contributed by atoms with Crippen molar-refractivity contribution in [3.63, 3.8) is 0 Å². The van der Waals surface area contributed by atoms with Crippen LogP contribution in [0.4, 0.5) is 22.7 Å². The summed E-state index contributed by atoms with van der Waals surface area (Å²) in [7, 11) is -3.44. The zero-order valence-electron chi connectivity index (χ0n) is 61.4. The van der Waals surface area contributed by atoms with Crippen molar-refractivity contribution < 1.29 is 75.2 Å². The second kappa shape index (κ2) is 43.1. The van der Waals surface area contributed by atoms with Crippen LogP contribution >= 0.6 is 0 Å². The average Bonchev–Trinajstić information content (AvgIpc) is 0.844. The Bertz CT molecular complexity index is 4250. The molecule has 32 heteroatoms. The van der Waals surface area contributed by atoms with Crippen molar-refractivity contribution in [3.8, 4) is 0 Å². The van der Waals surface area contributed by atoms with Gasteiger partial charge < -0.3 is 75.8 Å². The highest BCUT2D eigenvalue weighted by Crippen LogP contribution is 2.32. The first-order valence-electron chi connectivity index (χ1n) is 35.9. The molecule has 7 aliphatic rings. The number of carbonyl (C=O) groups excluding carboxylic acids is 1. The number of aliphatic hydroxyl groups excluding tert-OH is 2. The number of nitrogens with two attached hydrogens (primary N) is 4. The van der Waals surface area contributed by atoms with Gasteiger partial charge in [-0.2, -0.15) is 8.42 Å². The number of aliphatic hydroxyl groups is 2. The third-order valence-corrected chi connectivity index (χ3v) is 18.4. The molecular formula is C77H96N14O17S. The quantitative estimate of drug-likeness (QED) is 0.0124. The number of nitrogens with zero attached hydrogens (tertiary/aromatic N) is 10. The fourth-order valence-corrected chi connectivity index (χ4v) is 12.9. The number of ether oxygens (including phenoxy) is 9. The number of Topliss-reactive ketones (excluding diaryl/α,β-unsaturated/α-hetero) is 1. The molecule has 7 atom stereocenters. The molecule has 0 amide bonds. The van der Waals surface area contributed by atoms with Gasteiger partial charge in [0.25, 0.3) is 15.8 Å². The molecule has 0 bridgehead atoms. The lowest BCUT2D eigenvalue weighted by Crippen LogP contribution is -2.33. The first-order chi connectivity index (χ1) is 52.8. The van der Waals surface area contributed by atoms with Crippen molar-refractivity contribution in [2.24, 2.45) is 10.8 Å². The number of ketones is 1. The van der Waals surface area contributed by atoms with Gasteiger partial charge in [-0.1, -0.05) is 77.9 Å². The van der Waals surface area contributed by atoms with Crippen molar-refractivity contribution in [3.05, 3.63) is 245 Å². The molecule has 0 spiro atoms. The van der Waals surface area contributed by atoms with Crippen molar-refractivity contribution in [2.75, 3.05) is 116 Å². The lowest BCUT2D eigenvalue weighted by Gasteiger charge is -2.24. The van der Waals surface area contributed by atoms with Crippen LogP contribution in [0.25, 0.3) is 10.4 Å². The van der Waals surface area contributed by atoms with Crippen LogP contribution in [0.3, 0.4) is 0 Å². The number of anilines is 3. The highest BCUT2D eigenvalue weighted by molar-refractivity contribution is 7.86. The molecule has 7 aliphatic heterocycles. The molecule has 13 heterocycles. The monoisotopic (exact) mass is 1520 g/mol. The molecule has 15 rings (SSSR count). The molecule has 109 heavy (non-hydrogen) atoms. The number of pyridine rings is 6. The molecule has 582 valence electrons. The van der Waals surface area contributed by atoms with Gasteiger partial charge >= 0.3 is 0 Å². The molecule has 2 aromatic carbocycles. The second-order valence-corrected chi connectivity index (χ2v) is 27.8. The van der Waals surface area contributed by atoms with Gasteiger partial charge in [0.05, 0.1) is 173 Å². The van der Waals surface area contributed by atoms with Gasteiger partial charge in [0.15, 0.2) is 5.78 Å². The number of azide groups is 1. The van der Waals surface area contributed by atoms with E-state index >= 15 is 0 Å². The Balaban J connectivity index is 0.000000148. The van der Waals surface area contributed by atoms with Crippen LogP contribution in [0.5, 0.6) is 0 Å². The van der Waals surface area contributed by atoms with E-state index in [1.54, 1.807) is 30.9 Å². The maximum Gasteiger partial charge on any atom is 0.287 e. The fourth-order valence-electron chi connectivity index (χ4n) is 12.5. The minimum Gasteiger partial charge on any atom is -0.397 e. The van der Waals surface area contributed by atoms with E-state index in [-0.39, 0.29) is 67.9 Å². The molecule has 0 saturated carbocycles. The fraction of sp³-hybridized carbons (Fsp3) is 0.442. The van der Waals surface area contributed by atoms with E-state index in [0.29, 0.717) is 116 Å². The number of nitrogen functional groups attached to an aromatic ring is 3. The van der Waals surface area contributed by atoms with Crippen LogP contribution in [0.2, 0.25) is 0 Å². The van der Waals surface area contributed by atoms with E-state index in [9.17, 15) is 23.3 Å². The molecule has 1 saturated heterocycles. The molecule has 0 radical (unpaired) electrons. The third kappa shape index (κ3) is 26.1. The lowest BCUT2D eigenvalue weighted by molar-refractivity contribution is -0.385. The van der Waals surface area contributed by atoms with Crippen LogP contribution in [0.1, 0.15) is 139 Å². The average molecular weight is 1520 g/mol. The number of nitro groups is 1. The molecule has 8 aromatic rings. The Morgan fingerprint density at radius 3 is 1.31 bits per heavy atom. The number of fused-ring (bicyclic) bond motifs is 6. The van der Waals surface area contributed by atoms with Crippen LogP contribution in [-0.2, 0) is 113 Å². The van der Waals surface area contributed by atoms with Crippen molar-refractivity contribution in [1.29, 1.82) is 0 Å². The predicted octanol–water partition coefficient (Wildman–Crippen LogP) is 8.84. The summed E-state index contributed by atoms with van der Waals surface area (Å²) in [5.41, 5.74) is 48.7. The van der Waals surface area contributed by atoms with E-state index in [0.717, 1.165) is 123 Å². The van der Waals surface area contributed by atoms with Gasteiger partial charge in [-0.05, 0) is 138 Å². The number of hydrogen-bond donors (Lipinski definition) is 6. The van der Waals surface area contributed by atoms with E-state index in [1.807, 2.05) is 98.9 Å². The summed E-state index contributed by atoms with van der Waals surface area (Å²) < 4.78 is 76.0. The summed E-state index contributed by atoms with van der Waals surface area (Å²) >= 11 is 0. The normalized spacial score (nSPS) is 19.8. The zero-order chi connectivity index (χ0) is 77.5. The predicted molar refractivity (Wildman–Crippen MR) is 403 cm³/mol. The summed E-state index contributed by atoms with van der Waals surface area (Å²) in [4.78, 5) is 50.0. The molecule has 31 nitrogen and oxygen atoms in total. The maximum atomic E-state index is 11.4. The molecular weight excluding hydrogens is 1420 g/mol. The smallest absolute Gasteiger partial charge is 0.287 e. The Kier molecular flexibility index (Phi) is 33.0. The molecule has 0 aliphatic carbocycles.